The van der Waals surface area contributed by atoms with Crippen LogP contribution in [0, 0.1) is 0 Å². The zero-order chi connectivity index (χ0) is 14.5. The van der Waals surface area contributed by atoms with Crippen LogP contribution in [-0.2, 0) is 6.54 Å². The van der Waals surface area contributed by atoms with E-state index in [2.05, 4.69) is 26.2 Å². The number of anilines is 1. The van der Waals surface area contributed by atoms with Gasteiger partial charge in [-0.2, -0.15) is 0 Å². The zero-order valence-electron chi connectivity index (χ0n) is 10.4. The van der Waals surface area contributed by atoms with Gasteiger partial charge in [-0.05, 0) is 34.1 Å². The Balaban J connectivity index is 1.89. The SMILES string of the molecule is NNC(=O)c1cn(CCSc2ccc(N)cc2Br)nn1. The summed E-state index contributed by atoms with van der Waals surface area (Å²) in [6.07, 6.45) is 1.56. The number of nitrogen functional groups attached to an aromatic ring is 2. The van der Waals surface area contributed by atoms with Crippen LogP contribution in [0.25, 0.3) is 0 Å². The number of aromatic nitrogens is 3. The average molecular weight is 357 g/mol. The number of hydrogen-bond donors (Lipinski definition) is 3. The van der Waals surface area contributed by atoms with Crippen molar-refractivity contribution >= 4 is 39.3 Å². The van der Waals surface area contributed by atoms with Crippen LogP contribution in [0.4, 0.5) is 5.69 Å². The average Bonchev–Trinajstić information content (AvgIpc) is 2.89. The first kappa shape index (κ1) is 14.8. The number of carbonyl (C=O) groups is 1. The first-order valence-electron chi connectivity index (χ1n) is 5.69. The molecule has 0 saturated carbocycles. The summed E-state index contributed by atoms with van der Waals surface area (Å²) in [7, 11) is 0. The Kier molecular flexibility index (Phi) is 4.99. The van der Waals surface area contributed by atoms with Crippen LogP contribution in [0.2, 0.25) is 0 Å². The fourth-order valence-electron chi connectivity index (χ4n) is 1.47. The Morgan fingerprint density at radius 3 is 3.00 bits per heavy atom. The standard InChI is InChI=1S/C11H13BrN6OS/c12-8-5-7(13)1-2-10(8)20-4-3-18-6-9(16-17-18)11(19)15-14/h1-2,5-6H,3-4,13-14H2,(H,15,19). The molecule has 5 N–H and O–H groups in total. The molecule has 0 saturated heterocycles. The monoisotopic (exact) mass is 356 g/mol. The van der Waals surface area contributed by atoms with Crippen molar-refractivity contribution in [3.8, 4) is 0 Å². The molecule has 0 spiro atoms. The minimum absolute atomic E-state index is 0.200. The number of benzene rings is 1. The third-order valence-corrected chi connectivity index (χ3v) is 4.41. The van der Waals surface area contributed by atoms with E-state index in [4.69, 9.17) is 11.6 Å². The molecule has 1 aromatic carbocycles. The molecule has 0 radical (unpaired) electrons. The van der Waals surface area contributed by atoms with E-state index in [1.165, 1.54) is 0 Å². The normalized spacial score (nSPS) is 10.5. The van der Waals surface area contributed by atoms with Crippen molar-refractivity contribution < 1.29 is 4.79 Å². The molecule has 0 bridgehead atoms. The number of nitrogens with two attached hydrogens (primary N) is 2. The van der Waals surface area contributed by atoms with E-state index in [-0.39, 0.29) is 5.69 Å². The molecule has 0 unspecified atom stereocenters. The van der Waals surface area contributed by atoms with Crippen LogP contribution in [0.5, 0.6) is 0 Å². The number of hydrogen-bond acceptors (Lipinski definition) is 6. The maximum atomic E-state index is 11.2. The number of aryl methyl sites for hydroxylation is 1. The summed E-state index contributed by atoms with van der Waals surface area (Å²) in [5.74, 6) is 5.36. The Labute approximate surface area is 128 Å². The van der Waals surface area contributed by atoms with Gasteiger partial charge in [0.05, 0.1) is 12.7 Å². The number of thioether (sulfide) groups is 1. The van der Waals surface area contributed by atoms with Crippen molar-refractivity contribution in [3.05, 3.63) is 34.6 Å². The highest BCUT2D eigenvalue weighted by Crippen LogP contribution is 2.29. The summed E-state index contributed by atoms with van der Waals surface area (Å²) in [6, 6.07) is 5.67. The summed E-state index contributed by atoms with van der Waals surface area (Å²) < 4.78 is 2.56. The minimum Gasteiger partial charge on any atom is -0.399 e. The van der Waals surface area contributed by atoms with Gasteiger partial charge in [-0.25, -0.2) is 5.84 Å². The third kappa shape index (κ3) is 3.71. The van der Waals surface area contributed by atoms with Gasteiger partial charge >= 0.3 is 0 Å². The Bertz CT molecular complexity index is 617. The van der Waals surface area contributed by atoms with Gasteiger partial charge in [0, 0.05) is 20.8 Å². The highest BCUT2D eigenvalue weighted by Gasteiger charge is 2.08. The van der Waals surface area contributed by atoms with E-state index in [1.807, 2.05) is 23.6 Å². The highest BCUT2D eigenvalue weighted by molar-refractivity contribution is 9.10. The van der Waals surface area contributed by atoms with Gasteiger partial charge in [-0.1, -0.05) is 5.21 Å². The van der Waals surface area contributed by atoms with Crippen molar-refractivity contribution in [2.45, 2.75) is 11.4 Å². The predicted molar refractivity (Wildman–Crippen MR) is 81.0 cm³/mol. The van der Waals surface area contributed by atoms with Crippen molar-refractivity contribution in [3.63, 3.8) is 0 Å². The molecule has 106 valence electrons. The molecule has 2 rings (SSSR count). The molecule has 7 nitrogen and oxygen atoms in total. The van der Waals surface area contributed by atoms with Gasteiger partial charge in [-0.3, -0.25) is 14.9 Å². The first-order valence-corrected chi connectivity index (χ1v) is 7.47. The smallest absolute Gasteiger partial charge is 0.287 e. The number of hydrazine groups is 1. The van der Waals surface area contributed by atoms with Gasteiger partial charge < -0.3 is 5.73 Å². The Hall–Kier alpha value is -1.58. The van der Waals surface area contributed by atoms with E-state index >= 15 is 0 Å². The lowest BCUT2D eigenvalue weighted by Gasteiger charge is -2.05. The number of carbonyl (C=O) groups excluding carboxylic acids is 1. The molecule has 0 fully saturated rings. The van der Waals surface area contributed by atoms with Crippen LogP contribution < -0.4 is 17.0 Å². The first-order chi connectivity index (χ1) is 9.60. The molecular formula is C11H13BrN6OS. The second-order valence-electron chi connectivity index (χ2n) is 3.88. The summed E-state index contributed by atoms with van der Waals surface area (Å²) in [6.45, 7) is 0.631. The Morgan fingerprint density at radius 1 is 1.50 bits per heavy atom. The molecule has 1 amide bonds. The summed E-state index contributed by atoms with van der Waals surface area (Å²) in [4.78, 5) is 12.3. The molecular weight excluding hydrogens is 344 g/mol. The quantitative estimate of drug-likeness (QED) is 0.242. The number of nitrogens with one attached hydrogen (secondary N) is 1. The second kappa shape index (κ2) is 6.73. The molecule has 2 aromatic rings. The molecule has 0 atom stereocenters. The zero-order valence-corrected chi connectivity index (χ0v) is 12.8. The Morgan fingerprint density at radius 2 is 2.30 bits per heavy atom. The van der Waals surface area contributed by atoms with Crippen molar-refractivity contribution in [2.24, 2.45) is 5.84 Å². The van der Waals surface area contributed by atoms with Crippen LogP contribution >= 0.6 is 27.7 Å². The maximum Gasteiger partial charge on any atom is 0.287 e. The molecule has 0 aliphatic rings. The van der Waals surface area contributed by atoms with Gasteiger partial charge in [0.25, 0.3) is 5.91 Å². The molecule has 1 heterocycles. The van der Waals surface area contributed by atoms with E-state index in [0.717, 1.165) is 20.8 Å². The lowest BCUT2D eigenvalue weighted by Crippen LogP contribution is -2.30. The fourth-order valence-corrected chi connectivity index (χ4v) is 3.07. The van der Waals surface area contributed by atoms with E-state index < -0.39 is 5.91 Å². The number of halogens is 1. The lowest BCUT2D eigenvalue weighted by atomic mass is 10.3. The molecule has 20 heavy (non-hydrogen) atoms. The fraction of sp³-hybridized carbons (Fsp3) is 0.182. The van der Waals surface area contributed by atoms with Crippen LogP contribution in [-0.4, -0.2) is 26.7 Å². The van der Waals surface area contributed by atoms with Gasteiger partial charge in [0.1, 0.15) is 0 Å². The molecule has 9 heteroatoms. The van der Waals surface area contributed by atoms with Crippen molar-refractivity contribution in [1.82, 2.24) is 20.4 Å². The minimum atomic E-state index is -0.454. The predicted octanol–water partition coefficient (Wildman–Crippen LogP) is 1.02. The van der Waals surface area contributed by atoms with E-state index in [1.54, 1.807) is 22.6 Å². The molecule has 0 aliphatic heterocycles. The lowest BCUT2D eigenvalue weighted by molar-refractivity contribution is 0.0948. The van der Waals surface area contributed by atoms with Gasteiger partial charge in [0.15, 0.2) is 5.69 Å². The van der Waals surface area contributed by atoms with E-state index in [0.29, 0.717) is 6.54 Å². The summed E-state index contributed by atoms with van der Waals surface area (Å²) in [5.41, 5.74) is 8.61. The topological polar surface area (TPSA) is 112 Å². The maximum absolute atomic E-state index is 11.2. The number of amides is 1. The summed E-state index contributed by atoms with van der Waals surface area (Å²) >= 11 is 5.12. The van der Waals surface area contributed by atoms with Crippen LogP contribution in [0.1, 0.15) is 10.5 Å². The van der Waals surface area contributed by atoms with E-state index in [9.17, 15) is 4.79 Å². The third-order valence-electron chi connectivity index (χ3n) is 2.44. The second-order valence-corrected chi connectivity index (χ2v) is 5.87. The largest absolute Gasteiger partial charge is 0.399 e. The molecule has 0 aliphatic carbocycles. The van der Waals surface area contributed by atoms with Gasteiger partial charge in [-0.15, -0.1) is 16.9 Å². The van der Waals surface area contributed by atoms with Crippen molar-refractivity contribution in [1.29, 1.82) is 0 Å². The van der Waals surface area contributed by atoms with Crippen molar-refractivity contribution in [2.75, 3.05) is 11.5 Å². The van der Waals surface area contributed by atoms with Crippen LogP contribution in [0.3, 0.4) is 0 Å². The number of nitrogens with zero attached hydrogens (tertiary/aromatic N) is 3. The number of rotatable bonds is 5. The van der Waals surface area contributed by atoms with Crippen LogP contribution in [0.15, 0.2) is 33.8 Å². The summed E-state index contributed by atoms with van der Waals surface area (Å²) in [5, 5.41) is 7.59. The van der Waals surface area contributed by atoms with Gasteiger partial charge in [0.2, 0.25) is 0 Å². The highest BCUT2D eigenvalue weighted by atomic mass is 79.9. The molecule has 1 aromatic heterocycles.